The summed E-state index contributed by atoms with van der Waals surface area (Å²) in [7, 11) is 0. The molecule has 0 radical (unpaired) electrons. The summed E-state index contributed by atoms with van der Waals surface area (Å²) in [6.45, 7) is 3.57. The van der Waals surface area contributed by atoms with E-state index in [1.807, 2.05) is 0 Å². The third kappa shape index (κ3) is 3.17. The highest BCUT2D eigenvalue weighted by atomic mass is 19.1. The Morgan fingerprint density at radius 2 is 1.90 bits per heavy atom. The van der Waals surface area contributed by atoms with Crippen molar-refractivity contribution in [1.29, 1.82) is 0 Å². The van der Waals surface area contributed by atoms with E-state index in [1.165, 1.54) is 24.3 Å². The molecule has 0 amide bonds. The molecule has 2 aromatic carbocycles. The van der Waals surface area contributed by atoms with Crippen LogP contribution in [0.3, 0.4) is 0 Å². The molecule has 0 spiro atoms. The van der Waals surface area contributed by atoms with Crippen LogP contribution >= 0.6 is 0 Å². The average molecular weight is 290 g/mol. The second-order valence-corrected chi connectivity index (χ2v) is 4.72. The molecule has 0 saturated heterocycles. The highest BCUT2D eigenvalue weighted by Crippen LogP contribution is 2.33. The van der Waals surface area contributed by atoms with Crippen molar-refractivity contribution in [2.24, 2.45) is 5.73 Å². The molecule has 0 bridgehead atoms. The second-order valence-electron chi connectivity index (χ2n) is 4.72. The van der Waals surface area contributed by atoms with Gasteiger partial charge in [0.25, 0.3) is 5.69 Å². The van der Waals surface area contributed by atoms with Crippen molar-refractivity contribution in [3.8, 4) is 11.5 Å². The molecule has 5 nitrogen and oxygen atoms in total. The highest BCUT2D eigenvalue weighted by molar-refractivity contribution is 5.51. The minimum absolute atomic E-state index is 0.0213. The molecule has 110 valence electrons. The third-order valence-electron chi connectivity index (χ3n) is 3.15. The largest absolute Gasteiger partial charge is 0.456 e. The molecule has 0 aliphatic heterocycles. The number of nitrogens with zero attached hydrogens (tertiary/aromatic N) is 1. The van der Waals surface area contributed by atoms with Crippen LogP contribution in [0.15, 0.2) is 30.3 Å². The Morgan fingerprint density at radius 3 is 2.52 bits per heavy atom. The van der Waals surface area contributed by atoms with Gasteiger partial charge in [0, 0.05) is 17.7 Å². The number of nitro benzene ring substituents is 1. The first-order valence-corrected chi connectivity index (χ1v) is 6.34. The van der Waals surface area contributed by atoms with Gasteiger partial charge in [-0.2, -0.15) is 0 Å². The Morgan fingerprint density at radius 1 is 1.19 bits per heavy atom. The van der Waals surface area contributed by atoms with E-state index in [0.29, 0.717) is 22.6 Å². The van der Waals surface area contributed by atoms with Gasteiger partial charge in [-0.25, -0.2) is 4.39 Å². The van der Waals surface area contributed by atoms with Crippen molar-refractivity contribution in [2.45, 2.75) is 20.4 Å². The molecular formula is C15H15FN2O3. The molecule has 21 heavy (non-hydrogen) atoms. The average Bonchev–Trinajstić information content (AvgIpc) is 2.42. The summed E-state index contributed by atoms with van der Waals surface area (Å²) in [6.07, 6.45) is 0. The summed E-state index contributed by atoms with van der Waals surface area (Å²) >= 11 is 0. The van der Waals surface area contributed by atoms with Gasteiger partial charge in [0.15, 0.2) is 0 Å². The van der Waals surface area contributed by atoms with E-state index < -0.39 is 10.7 Å². The fourth-order valence-corrected chi connectivity index (χ4v) is 2.05. The number of ether oxygens (including phenoxy) is 1. The van der Waals surface area contributed by atoms with E-state index in [2.05, 4.69) is 0 Å². The van der Waals surface area contributed by atoms with Crippen molar-refractivity contribution in [2.75, 3.05) is 0 Å². The first kappa shape index (κ1) is 14.9. The lowest BCUT2D eigenvalue weighted by molar-refractivity contribution is -0.385. The van der Waals surface area contributed by atoms with Gasteiger partial charge in [-0.1, -0.05) is 0 Å². The Hall–Kier alpha value is -2.47. The van der Waals surface area contributed by atoms with Gasteiger partial charge < -0.3 is 10.5 Å². The molecule has 0 saturated carbocycles. The molecule has 0 atom stereocenters. The third-order valence-corrected chi connectivity index (χ3v) is 3.15. The van der Waals surface area contributed by atoms with Crippen molar-refractivity contribution < 1.29 is 14.1 Å². The maximum Gasteiger partial charge on any atom is 0.276 e. The van der Waals surface area contributed by atoms with Crippen molar-refractivity contribution in [3.05, 3.63) is 63.0 Å². The Balaban J connectivity index is 2.44. The number of nitro groups is 1. The Bertz CT molecular complexity index is 702. The van der Waals surface area contributed by atoms with Crippen molar-refractivity contribution in [1.82, 2.24) is 0 Å². The van der Waals surface area contributed by atoms with Crippen LogP contribution in [0.5, 0.6) is 11.5 Å². The van der Waals surface area contributed by atoms with Crippen LogP contribution in [-0.4, -0.2) is 4.92 Å². The smallest absolute Gasteiger partial charge is 0.276 e. The molecule has 2 rings (SSSR count). The van der Waals surface area contributed by atoms with Crippen LogP contribution in [0.4, 0.5) is 10.1 Å². The topological polar surface area (TPSA) is 78.4 Å². The summed E-state index contributed by atoms with van der Waals surface area (Å²) in [6, 6.07) is 7.05. The molecule has 0 heterocycles. The quantitative estimate of drug-likeness (QED) is 0.689. The predicted molar refractivity (Wildman–Crippen MR) is 76.9 cm³/mol. The van der Waals surface area contributed by atoms with Crippen LogP contribution in [-0.2, 0) is 6.54 Å². The summed E-state index contributed by atoms with van der Waals surface area (Å²) in [5, 5.41) is 11.0. The molecule has 0 aliphatic rings. The zero-order valence-corrected chi connectivity index (χ0v) is 11.7. The first-order valence-electron chi connectivity index (χ1n) is 6.34. The number of hydrogen-bond donors (Lipinski definition) is 1. The van der Waals surface area contributed by atoms with Gasteiger partial charge in [-0.3, -0.25) is 10.1 Å². The molecule has 0 unspecified atom stereocenters. The number of rotatable bonds is 4. The number of benzene rings is 2. The Kier molecular flexibility index (Phi) is 4.18. The van der Waals surface area contributed by atoms with Crippen LogP contribution in [0.2, 0.25) is 0 Å². The Labute approximate surface area is 121 Å². The highest BCUT2D eigenvalue weighted by Gasteiger charge is 2.16. The van der Waals surface area contributed by atoms with E-state index in [4.69, 9.17) is 10.5 Å². The summed E-state index contributed by atoms with van der Waals surface area (Å²) in [4.78, 5) is 10.5. The lowest BCUT2D eigenvalue weighted by Gasteiger charge is -2.13. The van der Waals surface area contributed by atoms with E-state index >= 15 is 0 Å². The van der Waals surface area contributed by atoms with Gasteiger partial charge in [0.1, 0.15) is 17.3 Å². The molecule has 0 aliphatic carbocycles. The van der Waals surface area contributed by atoms with Crippen LogP contribution in [0.25, 0.3) is 0 Å². The fraction of sp³-hybridized carbons (Fsp3) is 0.200. The molecular weight excluding hydrogens is 275 g/mol. The number of nitrogens with two attached hydrogens (primary N) is 1. The normalized spacial score (nSPS) is 10.5. The minimum atomic E-state index is -0.462. The SMILES string of the molecule is Cc1cc(C)c([N+](=O)[O-])cc1Oc1ccc(F)cc1CN. The van der Waals surface area contributed by atoms with Crippen molar-refractivity contribution in [3.63, 3.8) is 0 Å². The van der Waals surface area contributed by atoms with Crippen molar-refractivity contribution >= 4 is 5.69 Å². The second kappa shape index (κ2) is 5.88. The van der Waals surface area contributed by atoms with Crippen LogP contribution in [0.1, 0.15) is 16.7 Å². The fourth-order valence-electron chi connectivity index (χ4n) is 2.05. The van der Waals surface area contributed by atoms with Crippen LogP contribution in [0, 0.1) is 29.8 Å². The maximum absolute atomic E-state index is 13.2. The standard InChI is InChI=1S/C15H15FN2O3/c1-9-5-10(2)15(7-13(9)18(19)20)21-14-4-3-12(16)6-11(14)8-17/h3-7H,8,17H2,1-2H3. The van der Waals surface area contributed by atoms with E-state index in [-0.39, 0.29) is 12.2 Å². The number of halogens is 1. The predicted octanol–water partition coefficient (Wildman–Crippen LogP) is 3.60. The molecule has 2 N–H and O–H groups in total. The van der Waals surface area contributed by atoms with Gasteiger partial charge >= 0.3 is 0 Å². The molecule has 0 fully saturated rings. The zero-order valence-electron chi connectivity index (χ0n) is 11.7. The first-order chi connectivity index (χ1) is 9.92. The van der Waals surface area contributed by atoms with E-state index in [1.54, 1.807) is 19.9 Å². The minimum Gasteiger partial charge on any atom is -0.456 e. The monoisotopic (exact) mass is 290 g/mol. The summed E-state index contributed by atoms with van der Waals surface area (Å²) in [5.74, 6) is 0.336. The summed E-state index contributed by atoms with van der Waals surface area (Å²) < 4.78 is 18.9. The molecule has 6 heteroatoms. The maximum atomic E-state index is 13.2. The van der Waals surface area contributed by atoms with Crippen LogP contribution < -0.4 is 10.5 Å². The van der Waals surface area contributed by atoms with E-state index in [0.717, 1.165) is 5.56 Å². The zero-order chi connectivity index (χ0) is 15.6. The van der Waals surface area contributed by atoms with E-state index in [9.17, 15) is 14.5 Å². The van der Waals surface area contributed by atoms with Gasteiger partial charge in [-0.15, -0.1) is 0 Å². The van der Waals surface area contributed by atoms with Gasteiger partial charge in [0.05, 0.1) is 11.0 Å². The van der Waals surface area contributed by atoms with Gasteiger partial charge in [0.2, 0.25) is 0 Å². The summed E-state index contributed by atoms with van der Waals surface area (Å²) in [5.41, 5.74) is 7.35. The van der Waals surface area contributed by atoms with Gasteiger partial charge in [-0.05, 0) is 43.7 Å². The lowest BCUT2D eigenvalue weighted by atomic mass is 10.1. The number of aryl methyl sites for hydroxylation is 2. The molecule has 0 aromatic heterocycles. The number of hydrogen-bond acceptors (Lipinski definition) is 4. The molecule has 2 aromatic rings. The lowest BCUT2D eigenvalue weighted by Crippen LogP contribution is -2.01.